The first-order valence-electron chi connectivity index (χ1n) is 7.60. The zero-order valence-electron chi connectivity index (χ0n) is 12.9. The molecule has 0 bridgehead atoms. The van der Waals surface area contributed by atoms with Gasteiger partial charge in [0, 0.05) is 6.04 Å². The third-order valence-electron chi connectivity index (χ3n) is 4.57. The summed E-state index contributed by atoms with van der Waals surface area (Å²) in [6.07, 6.45) is 2.16. The van der Waals surface area contributed by atoms with E-state index in [-0.39, 0.29) is 10.9 Å². The average molecular weight is 311 g/mol. The minimum absolute atomic E-state index is 0.0106. The van der Waals surface area contributed by atoms with Crippen molar-refractivity contribution < 1.29 is 13.5 Å². The summed E-state index contributed by atoms with van der Waals surface area (Å²) in [6, 6.07) is 6.53. The van der Waals surface area contributed by atoms with Gasteiger partial charge in [-0.2, -0.15) is 0 Å². The molecule has 0 radical (unpaired) electrons. The quantitative estimate of drug-likeness (QED) is 0.898. The lowest BCUT2D eigenvalue weighted by Crippen LogP contribution is -2.39. The maximum atomic E-state index is 12.5. The SMILES string of the molecule is CC(O)c1cccc(S(=O)(=O)NC2CCC(C)C(C)C2)c1. The van der Waals surface area contributed by atoms with Gasteiger partial charge in [-0.15, -0.1) is 0 Å². The molecule has 0 saturated heterocycles. The second-order valence-electron chi connectivity index (χ2n) is 6.33. The van der Waals surface area contributed by atoms with E-state index in [0.29, 0.717) is 17.4 Å². The fourth-order valence-corrected chi connectivity index (χ4v) is 4.22. The van der Waals surface area contributed by atoms with Crippen LogP contribution in [0.5, 0.6) is 0 Å². The predicted octanol–water partition coefficient (Wildman–Crippen LogP) is 2.84. The van der Waals surface area contributed by atoms with Crippen LogP contribution in [0, 0.1) is 11.8 Å². The molecule has 21 heavy (non-hydrogen) atoms. The van der Waals surface area contributed by atoms with Crippen molar-refractivity contribution in [2.24, 2.45) is 11.8 Å². The van der Waals surface area contributed by atoms with Crippen LogP contribution in [0.3, 0.4) is 0 Å². The van der Waals surface area contributed by atoms with E-state index in [1.807, 2.05) is 0 Å². The molecule has 4 unspecified atom stereocenters. The Balaban J connectivity index is 2.13. The van der Waals surface area contributed by atoms with Gasteiger partial charge in [-0.1, -0.05) is 26.0 Å². The Morgan fingerprint density at radius 3 is 2.57 bits per heavy atom. The van der Waals surface area contributed by atoms with Crippen LogP contribution in [0.15, 0.2) is 29.2 Å². The highest BCUT2D eigenvalue weighted by Crippen LogP contribution is 2.30. The van der Waals surface area contributed by atoms with Gasteiger partial charge in [0.25, 0.3) is 0 Å². The Hall–Kier alpha value is -0.910. The number of benzene rings is 1. The average Bonchev–Trinajstić information content (AvgIpc) is 2.43. The molecule has 0 heterocycles. The molecule has 0 spiro atoms. The number of sulfonamides is 1. The lowest BCUT2D eigenvalue weighted by molar-refractivity contribution is 0.199. The normalized spacial score (nSPS) is 28.3. The summed E-state index contributed by atoms with van der Waals surface area (Å²) in [7, 11) is -3.52. The van der Waals surface area contributed by atoms with Crippen molar-refractivity contribution in [1.29, 1.82) is 0 Å². The minimum atomic E-state index is -3.52. The largest absolute Gasteiger partial charge is 0.389 e. The van der Waals surface area contributed by atoms with Crippen LogP contribution in [0.1, 0.15) is 51.7 Å². The molecule has 1 aromatic rings. The van der Waals surface area contributed by atoms with Gasteiger partial charge in [0.2, 0.25) is 10.0 Å². The van der Waals surface area contributed by atoms with Crippen molar-refractivity contribution in [2.45, 2.75) is 57.1 Å². The summed E-state index contributed by atoms with van der Waals surface area (Å²) in [5.41, 5.74) is 0.614. The molecule has 4 nitrogen and oxygen atoms in total. The minimum Gasteiger partial charge on any atom is -0.389 e. The van der Waals surface area contributed by atoms with Crippen molar-refractivity contribution in [3.63, 3.8) is 0 Å². The Bertz CT molecular complexity index is 583. The zero-order valence-corrected chi connectivity index (χ0v) is 13.7. The number of hydrogen-bond donors (Lipinski definition) is 2. The van der Waals surface area contributed by atoms with E-state index in [9.17, 15) is 13.5 Å². The van der Waals surface area contributed by atoms with Crippen LogP contribution in [0.4, 0.5) is 0 Å². The second kappa shape index (κ2) is 6.46. The highest BCUT2D eigenvalue weighted by Gasteiger charge is 2.28. The van der Waals surface area contributed by atoms with Gasteiger partial charge < -0.3 is 5.11 Å². The van der Waals surface area contributed by atoms with E-state index in [2.05, 4.69) is 18.6 Å². The summed E-state index contributed by atoms with van der Waals surface area (Å²) < 4.78 is 27.8. The fraction of sp³-hybridized carbons (Fsp3) is 0.625. The van der Waals surface area contributed by atoms with Crippen LogP contribution >= 0.6 is 0 Å². The maximum absolute atomic E-state index is 12.5. The summed E-state index contributed by atoms with van der Waals surface area (Å²) >= 11 is 0. The van der Waals surface area contributed by atoms with Crippen molar-refractivity contribution >= 4 is 10.0 Å². The molecule has 2 rings (SSSR count). The highest BCUT2D eigenvalue weighted by molar-refractivity contribution is 7.89. The second-order valence-corrected chi connectivity index (χ2v) is 8.05. The molecule has 0 aromatic heterocycles. The Kier molecular flexibility index (Phi) is 5.07. The molecule has 118 valence electrons. The standard InChI is InChI=1S/C16H25NO3S/c1-11-7-8-15(9-12(11)2)17-21(19,20)16-6-4-5-14(10-16)13(3)18/h4-6,10-13,15,17-18H,7-9H2,1-3H3. The molecule has 4 atom stereocenters. The van der Waals surface area contributed by atoms with Crippen LogP contribution in [-0.2, 0) is 10.0 Å². The van der Waals surface area contributed by atoms with E-state index in [1.54, 1.807) is 31.2 Å². The molecule has 1 aliphatic rings. The van der Waals surface area contributed by atoms with Gasteiger partial charge in [0.1, 0.15) is 0 Å². The number of hydrogen-bond acceptors (Lipinski definition) is 3. The topological polar surface area (TPSA) is 66.4 Å². The molecule has 2 N–H and O–H groups in total. The highest BCUT2D eigenvalue weighted by atomic mass is 32.2. The van der Waals surface area contributed by atoms with E-state index in [1.165, 1.54) is 0 Å². The summed E-state index contributed by atoms with van der Waals surface area (Å²) in [6.45, 7) is 6.03. The number of aliphatic hydroxyl groups is 1. The first-order chi connectivity index (χ1) is 9.79. The summed E-state index contributed by atoms with van der Waals surface area (Å²) in [5, 5.41) is 9.58. The van der Waals surface area contributed by atoms with Crippen LogP contribution in [-0.4, -0.2) is 19.6 Å². The fourth-order valence-electron chi connectivity index (χ4n) is 2.88. The predicted molar refractivity (Wildman–Crippen MR) is 83.4 cm³/mol. The van der Waals surface area contributed by atoms with Crippen LogP contribution < -0.4 is 4.72 Å². The number of nitrogens with one attached hydrogen (secondary N) is 1. The first kappa shape index (κ1) is 16.5. The van der Waals surface area contributed by atoms with E-state index < -0.39 is 16.1 Å². The Morgan fingerprint density at radius 2 is 1.95 bits per heavy atom. The van der Waals surface area contributed by atoms with Crippen molar-refractivity contribution in [3.8, 4) is 0 Å². The van der Waals surface area contributed by atoms with Crippen LogP contribution in [0.25, 0.3) is 0 Å². The lowest BCUT2D eigenvalue weighted by atomic mass is 9.79. The van der Waals surface area contributed by atoms with Crippen LogP contribution in [0.2, 0.25) is 0 Å². The van der Waals surface area contributed by atoms with Gasteiger partial charge in [0.05, 0.1) is 11.0 Å². The van der Waals surface area contributed by atoms with Gasteiger partial charge in [-0.25, -0.2) is 13.1 Å². The Labute approximate surface area is 127 Å². The molecule has 0 aliphatic heterocycles. The van der Waals surface area contributed by atoms with Gasteiger partial charge >= 0.3 is 0 Å². The molecule has 5 heteroatoms. The smallest absolute Gasteiger partial charge is 0.240 e. The molecule has 0 amide bonds. The van der Waals surface area contributed by atoms with Gasteiger partial charge in [-0.3, -0.25) is 0 Å². The van der Waals surface area contributed by atoms with Crippen molar-refractivity contribution in [3.05, 3.63) is 29.8 Å². The number of rotatable bonds is 4. The summed E-state index contributed by atoms with van der Waals surface area (Å²) in [5.74, 6) is 1.19. The van der Waals surface area contributed by atoms with Crippen molar-refractivity contribution in [2.75, 3.05) is 0 Å². The first-order valence-corrected chi connectivity index (χ1v) is 9.08. The number of aliphatic hydroxyl groups excluding tert-OH is 1. The van der Waals surface area contributed by atoms with Gasteiger partial charge in [0.15, 0.2) is 0 Å². The van der Waals surface area contributed by atoms with E-state index in [4.69, 9.17) is 0 Å². The summed E-state index contributed by atoms with van der Waals surface area (Å²) in [4.78, 5) is 0.229. The molecule has 1 fully saturated rings. The Morgan fingerprint density at radius 1 is 1.24 bits per heavy atom. The lowest BCUT2D eigenvalue weighted by Gasteiger charge is -2.32. The molecular weight excluding hydrogens is 286 g/mol. The third-order valence-corrected chi connectivity index (χ3v) is 6.09. The molecular formula is C16H25NO3S. The van der Waals surface area contributed by atoms with E-state index in [0.717, 1.165) is 19.3 Å². The molecule has 1 aromatic carbocycles. The zero-order chi connectivity index (χ0) is 15.6. The van der Waals surface area contributed by atoms with E-state index >= 15 is 0 Å². The third kappa shape index (κ3) is 4.05. The molecule has 1 saturated carbocycles. The van der Waals surface area contributed by atoms with Gasteiger partial charge in [-0.05, 0) is 55.7 Å². The maximum Gasteiger partial charge on any atom is 0.240 e. The monoisotopic (exact) mass is 311 g/mol. The van der Waals surface area contributed by atoms with Crippen molar-refractivity contribution in [1.82, 2.24) is 4.72 Å². The molecule has 1 aliphatic carbocycles.